The second-order valence-corrected chi connectivity index (χ2v) is 5.61. The molecule has 0 unspecified atom stereocenters. The molecule has 0 saturated heterocycles. The number of rotatable bonds is 4. The number of hydrogen-bond donors (Lipinski definition) is 2. The highest BCUT2D eigenvalue weighted by molar-refractivity contribution is 6.49. The van der Waals surface area contributed by atoms with Gasteiger partial charge in [0.15, 0.2) is 0 Å². The Hall–Kier alpha value is -3.36. The van der Waals surface area contributed by atoms with E-state index in [2.05, 4.69) is 15.8 Å². The van der Waals surface area contributed by atoms with Gasteiger partial charge in [-0.25, -0.2) is 0 Å². The maximum Gasteiger partial charge on any atom is 0.287 e. The van der Waals surface area contributed by atoms with Crippen molar-refractivity contribution in [3.8, 4) is 6.07 Å². The van der Waals surface area contributed by atoms with Crippen LogP contribution < -0.4 is 10.7 Å². The zero-order chi connectivity index (χ0) is 17.6. The minimum Gasteiger partial charge on any atom is -0.319 e. The Balaban J connectivity index is 1.79. The van der Waals surface area contributed by atoms with Crippen molar-refractivity contribution in [3.05, 3.63) is 71.8 Å². The lowest BCUT2D eigenvalue weighted by atomic mass is 10.1. The van der Waals surface area contributed by atoms with Gasteiger partial charge in [-0.05, 0) is 35.7 Å². The zero-order valence-corrected chi connectivity index (χ0v) is 13.8. The Morgan fingerprint density at radius 2 is 1.72 bits per heavy atom. The predicted molar refractivity (Wildman–Crippen MR) is 101 cm³/mol. The van der Waals surface area contributed by atoms with Crippen molar-refractivity contribution in [1.82, 2.24) is 0 Å². The smallest absolute Gasteiger partial charge is 0.287 e. The molecule has 25 heavy (non-hydrogen) atoms. The van der Waals surface area contributed by atoms with E-state index in [1.807, 2.05) is 36.4 Å². The summed E-state index contributed by atoms with van der Waals surface area (Å²) in [6.07, 6.45) is 0. The summed E-state index contributed by atoms with van der Waals surface area (Å²) in [5.41, 5.74) is 3.64. The van der Waals surface area contributed by atoms with Gasteiger partial charge in [-0.15, -0.1) is 0 Å². The lowest BCUT2D eigenvalue weighted by Gasteiger charge is -2.08. The third kappa shape index (κ3) is 3.94. The van der Waals surface area contributed by atoms with E-state index in [4.69, 9.17) is 11.6 Å². The molecule has 3 rings (SSSR count). The number of benzene rings is 3. The van der Waals surface area contributed by atoms with Gasteiger partial charge in [-0.3, -0.25) is 10.2 Å². The Kier molecular flexibility index (Phi) is 4.93. The van der Waals surface area contributed by atoms with Crippen molar-refractivity contribution in [2.45, 2.75) is 0 Å². The Labute approximate surface area is 149 Å². The van der Waals surface area contributed by atoms with Crippen LogP contribution in [0.4, 0.5) is 11.4 Å². The van der Waals surface area contributed by atoms with Crippen LogP contribution >= 0.6 is 11.6 Å². The Morgan fingerprint density at radius 3 is 2.48 bits per heavy atom. The maximum absolute atomic E-state index is 12.3. The molecular formula is C19H13ClN4O. The highest BCUT2D eigenvalue weighted by Gasteiger charge is 2.12. The first-order chi connectivity index (χ1) is 12.2. The number of carbonyl (C=O) groups excluding carboxylic acids is 1. The molecular weight excluding hydrogens is 336 g/mol. The summed E-state index contributed by atoms with van der Waals surface area (Å²) in [4.78, 5) is 12.3. The van der Waals surface area contributed by atoms with Crippen molar-refractivity contribution in [2.75, 3.05) is 10.7 Å². The van der Waals surface area contributed by atoms with E-state index in [1.54, 1.807) is 36.4 Å². The largest absolute Gasteiger partial charge is 0.319 e. The number of fused-ring (bicyclic) bond motifs is 1. The third-order valence-corrected chi connectivity index (χ3v) is 3.75. The second-order valence-electron chi connectivity index (χ2n) is 5.17. The monoisotopic (exact) mass is 348 g/mol. The van der Waals surface area contributed by atoms with E-state index in [0.29, 0.717) is 16.4 Å². The van der Waals surface area contributed by atoms with Crippen LogP contribution in [-0.2, 0) is 4.79 Å². The molecule has 1 amide bonds. The van der Waals surface area contributed by atoms with E-state index < -0.39 is 5.91 Å². The lowest BCUT2D eigenvalue weighted by Crippen LogP contribution is -2.22. The first-order valence-electron chi connectivity index (χ1n) is 7.46. The highest BCUT2D eigenvalue weighted by Crippen LogP contribution is 2.22. The molecule has 0 aliphatic carbocycles. The molecule has 0 atom stereocenters. The zero-order valence-electron chi connectivity index (χ0n) is 13.0. The van der Waals surface area contributed by atoms with Crippen LogP contribution in [0.15, 0.2) is 71.8 Å². The molecule has 3 aromatic carbocycles. The third-order valence-electron chi connectivity index (χ3n) is 3.50. The fraction of sp³-hybridized carbons (Fsp3) is 0. The lowest BCUT2D eigenvalue weighted by molar-refractivity contribution is -0.110. The SMILES string of the molecule is N#C/C(=N\Nc1ccc(Cl)cc1)C(=O)Nc1cccc2ccccc12. The van der Waals surface area contributed by atoms with E-state index >= 15 is 0 Å². The van der Waals surface area contributed by atoms with Crippen LogP contribution in [0.25, 0.3) is 10.8 Å². The number of hydrazone groups is 1. The fourth-order valence-electron chi connectivity index (χ4n) is 2.29. The first-order valence-corrected chi connectivity index (χ1v) is 7.83. The number of carbonyl (C=O) groups is 1. The van der Waals surface area contributed by atoms with E-state index in [1.165, 1.54) is 0 Å². The van der Waals surface area contributed by atoms with Gasteiger partial charge in [0.2, 0.25) is 5.71 Å². The minimum atomic E-state index is -0.583. The molecule has 0 aliphatic rings. The molecule has 6 heteroatoms. The number of nitriles is 1. The summed E-state index contributed by atoms with van der Waals surface area (Å²) in [5, 5.41) is 18.3. The van der Waals surface area contributed by atoms with Crippen LogP contribution in [0.2, 0.25) is 5.02 Å². The van der Waals surface area contributed by atoms with Gasteiger partial charge in [0, 0.05) is 16.1 Å². The molecule has 0 saturated carbocycles. The predicted octanol–water partition coefficient (Wildman–Crippen LogP) is 4.42. The van der Waals surface area contributed by atoms with Gasteiger partial charge in [0.25, 0.3) is 5.91 Å². The normalized spacial score (nSPS) is 11.0. The number of anilines is 2. The number of nitrogens with zero attached hydrogens (tertiary/aromatic N) is 2. The Bertz CT molecular complexity index is 985. The summed E-state index contributed by atoms with van der Waals surface area (Å²) in [6.45, 7) is 0. The minimum absolute atomic E-state index is 0.275. The van der Waals surface area contributed by atoms with Crippen LogP contribution in [0.1, 0.15) is 0 Å². The average Bonchev–Trinajstić information content (AvgIpc) is 2.64. The van der Waals surface area contributed by atoms with Gasteiger partial charge in [0.1, 0.15) is 6.07 Å². The first kappa shape index (κ1) is 16.5. The number of hydrogen-bond acceptors (Lipinski definition) is 4. The second kappa shape index (κ2) is 7.47. The van der Waals surface area contributed by atoms with Gasteiger partial charge in [0.05, 0.1) is 5.69 Å². The highest BCUT2D eigenvalue weighted by atomic mass is 35.5. The maximum atomic E-state index is 12.3. The molecule has 5 nitrogen and oxygen atoms in total. The molecule has 0 spiro atoms. The van der Waals surface area contributed by atoms with Crippen LogP contribution in [0.5, 0.6) is 0 Å². The number of nitrogens with one attached hydrogen (secondary N) is 2. The van der Waals surface area contributed by atoms with E-state index in [-0.39, 0.29) is 5.71 Å². The molecule has 3 aromatic rings. The molecule has 0 heterocycles. The summed E-state index contributed by atoms with van der Waals surface area (Å²) in [6, 6.07) is 21.8. The van der Waals surface area contributed by atoms with Crippen molar-refractivity contribution in [2.24, 2.45) is 5.10 Å². The standard InChI is InChI=1S/C19H13ClN4O/c20-14-8-10-15(11-9-14)23-24-18(12-21)19(25)22-17-7-3-5-13-4-1-2-6-16(13)17/h1-11,23H,(H,22,25)/b24-18+. The summed E-state index contributed by atoms with van der Waals surface area (Å²) in [7, 11) is 0. The molecule has 2 N–H and O–H groups in total. The topological polar surface area (TPSA) is 77.3 Å². The fourth-order valence-corrected chi connectivity index (χ4v) is 2.41. The van der Waals surface area contributed by atoms with Crippen molar-refractivity contribution in [3.63, 3.8) is 0 Å². The molecule has 0 aromatic heterocycles. The van der Waals surface area contributed by atoms with E-state index in [9.17, 15) is 10.1 Å². The molecule has 0 radical (unpaired) electrons. The quantitative estimate of drug-likeness (QED) is 0.541. The Morgan fingerprint density at radius 1 is 1.00 bits per heavy atom. The van der Waals surface area contributed by atoms with Crippen molar-refractivity contribution >= 4 is 45.4 Å². The summed E-state index contributed by atoms with van der Waals surface area (Å²) in [5.74, 6) is -0.583. The van der Waals surface area contributed by atoms with Crippen LogP contribution in [0.3, 0.4) is 0 Å². The molecule has 0 aliphatic heterocycles. The molecule has 0 fully saturated rings. The average molecular weight is 349 g/mol. The van der Waals surface area contributed by atoms with Gasteiger partial charge >= 0.3 is 0 Å². The molecule has 0 bridgehead atoms. The van der Waals surface area contributed by atoms with Crippen molar-refractivity contribution in [1.29, 1.82) is 5.26 Å². The summed E-state index contributed by atoms with van der Waals surface area (Å²) < 4.78 is 0. The van der Waals surface area contributed by atoms with Crippen molar-refractivity contribution < 1.29 is 4.79 Å². The van der Waals surface area contributed by atoms with Gasteiger partial charge in [-0.1, -0.05) is 48.0 Å². The number of amides is 1. The van der Waals surface area contributed by atoms with E-state index in [0.717, 1.165) is 10.8 Å². The van der Waals surface area contributed by atoms with Gasteiger partial charge < -0.3 is 5.32 Å². The molecule has 122 valence electrons. The van der Waals surface area contributed by atoms with Crippen LogP contribution in [-0.4, -0.2) is 11.6 Å². The number of halogens is 1. The summed E-state index contributed by atoms with van der Waals surface area (Å²) >= 11 is 5.81. The van der Waals surface area contributed by atoms with Gasteiger partial charge in [-0.2, -0.15) is 10.4 Å². The van der Waals surface area contributed by atoms with Crippen LogP contribution in [0, 0.1) is 11.3 Å².